The predicted molar refractivity (Wildman–Crippen MR) is 114 cm³/mol. The molecule has 2 unspecified atom stereocenters. The Morgan fingerprint density at radius 3 is 2.55 bits per heavy atom. The van der Waals surface area contributed by atoms with Gasteiger partial charge in [-0.3, -0.25) is 0 Å². The minimum absolute atomic E-state index is 0.139. The molecular formula is C22H27BFN4O. The third-order valence-corrected chi connectivity index (χ3v) is 6.39. The van der Waals surface area contributed by atoms with Crippen molar-refractivity contribution >= 4 is 24.5 Å². The van der Waals surface area contributed by atoms with Crippen LogP contribution in [0.25, 0.3) is 0 Å². The third kappa shape index (κ3) is 4.14. The second-order valence-corrected chi connectivity index (χ2v) is 8.19. The summed E-state index contributed by atoms with van der Waals surface area (Å²) in [6.07, 6.45) is 7.74. The molecule has 151 valence electrons. The Morgan fingerprint density at radius 1 is 1.14 bits per heavy atom. The van der Waals surface area contributed by atoms with Crippen molar-refractivity contribution < 1.29 is 9.18 Å². The molecule has 1 fully saturated rings. The molecule has 1 aromatic heterocycles. The summed E-state index contributed by atoms with van der Waals surface area (Å²) in [5.41, 5.74) is 8.52. The van der Waals surface area contributed by atoms with E-state index in [-0.39, 0.29) is 12.0 Å². The number of benzene rings is 1. The number of carbonyl (C=O) groups is 1. The van der Waals surface area contributed by atoms with Crippen LogP contribution in [0.15, 0.2) is 36.8 Å². The van der Waals surface area contributed by atoms with E-state index in [1.165, 1.54) is 0 Å². The van der Waals surface area contributed by atoms with Crippen molar-refractivity contribution in [1.82, 2.24) is 9.55 Å². The van der Waals surface area contributed by atoms with E-state index in [1.54, 1.807) is 12.1 Å². The van der Waals surface area contributed by atoms with E-state index in [2.05, 4.69) is 14.5 Å². The molecule has 2 aromatic rings. The molecule has 4 rings (SSSR count). The molecule has 5 nitrogen and oxygen atoms in total. The number of primary amides is 1. The van der Waals surface area contributed by atoms with Gasteiger partial charge < -0.3 is 0 Å². The first-order valence-corrected chi connectivity index (χ1v) is 10.5. The first-order valence-electron chi connectivity index (χ1n) is 10.5. The molecule has 2 atom stereocenters. The fraction of sp³-hybridized carbons (Fsp3) is 0.500. The number of anilines is 1. The van der Waals surface area contributed by atoms with Crippen molar-refractivity contribution in [2.45, 2.75) is 50.7 Å². The number of imidazole rings is 1. The average molecular weight is 393 g/mol. The summed E-state index contributed by atoms with van der Waals surface area (Å²) in [4.78, 5) is 17.9. The Morgan fingerprint density at radius 2 is 1.86 bits per heavy atom. The second kappa shape index (κ2) is 8.51. The number of aromatic nitrogens is 2. The standard InChI is InChI=1S/C22H27BFN4O/c23-20-19(24)4-2-1-3-18-13-26-14-28(18)21(20)15-9-11-27(12-10-15)17-7-5-16(6-8-17)22(25)29/h5-8,13-15,19,21H,1-4,9-12H2,(H2,25,29). The summed E-state index contributed by atoms with van der Waals surface area (Å²) in [5.74, 6) is -0.140. The number of hydrogen-bond acceptors (Lipinski definition) is 3. The number of amides is 1. The maximum absolute atomic E-state index is 14.8. The molecule has 7 heteroatoms. The molecule has 2 N–H and O–H groups in total. The van der Waals surface area contributed by atoms with E-state index < -0.39 is 12.1 Å². The monoisotopic (exact) mass is 393 g/mol. The van der Waals surface area contributed by atoms with Crippen LogP contribution >= 0.6 is 0 Å². The van der Waals surface area contributed by atoms with Gasteiger partial charge in [-0.1, -0.05) is 0 Å². The van der Waals surface area contributed by atoms with E-state index >= 15 is 0 Å². The number of fused-ring (bicyclic) bond motifs is 1. The van der Waals surface area contributed by atoms with Crippen molar-refractivity contribution in [1.29, 1.82) is 0 Å². The van der Waals surface area contributed by atoms with E-state index in [0.717, 1.165) is 56.6 Å². The molecule has 0 aliphatic carbocycles. The van der Waals surface area contributed by atoms with E-state index in [0.29, 0.717) is 17.4 Å². The maximum atomic E-state index is 14.8. The van der Waals surface area contributed by atoms with Crippen LogP contribution in [0.3, 0.4) is 0 Å². The Balaban J connectivity index is 1.50. The molecule has 0 saturated carbocycles. The summed E-state index contributed by atoms with van der Waals surface area (Å²) in [6, 6.07) is 7.26. The van der Waals surface area contributed by atoms with Crippen molar-refractivity contribution in [2.24, 2.45) is 11.7 Å². The Kier molecular flexibility index (Phi) is 5.83. The molecule has 2 aliphatic rings. The van der Waals surface area contributed by atoms with Crippen LogP contribution in [0.2, 0.25) is 0 Å². The Labute approximate surface area is 172 Å². The van der Waals surface area contributed by atoms with Gasteiger partial charge in [-0.05, 0) is 0 Å². The normalized spacial score (nSPS) is 23.7. The number of piperidine rings is 1. The number of halogens is 1. The van der Waals surface area contributed by atoms with Gasteiger partial charge in [0.05, 0.1) is 0 Å². The summed E-state index contributed by atoms with van der Waals surface area (Å²) < 4.78 is 16.9. The van der Waals surface area contributed by atoms with Gasteiger partial charge in [0.25, 0.3) is 0 Å². The van der Waals surface area contributed by atoms with Crippen molar-refractivity contribution in [2.75, 3.05) is 18.0 Å². The number of carbonyl (C=O) groups excluding carboxylic acids is 1. The topological polar surface area (TPSA) is 64.2 Å². The quantitative estimate of drug-likeness (QED) is 0.816. The Bertz CT molecular complexity index is 873. The van der Waals surface area contributed by atoms with Crippen LogP contribution in [-0.2, 0) is 6.42 Å². The predicted octanol–water partition coefficient (Wildman–Crippen LogP) is 2.85. The number of hydrogen-bond donors (Lipinski definition) is 1. The number of aryl methyl sites for hydroxylation is 1. The van der Waals surface area contributed by atoms with Gasteiger partial charge in [-0.15, -0.1) is 0 Å². The van der Waals surface area contributed by atoms with Gasteiger partial charge in [0, 0.05) is 0 Å². The average Bonchev–Trinajstić information content (AvgIpc) is 3.20. The number of nitrogens with two attached hydrogens (primary N) is 1. The van der Waals surface area contributed by atoms with Gasteiger partial charge in [-0.25, -0.2) is 0 Å². The molecule has 1 aromatic carbocycles. The first-order chi connectivity index (χ1) is 14.0. The van der Waals surface area contributed by atoms with Crippen LogP contribution in [0.1, 0.15) is 54.2 Å². The zero-order valence-electron chi connectivity index (χ0n) is 16.6. The molecule has 1 saturated heterocycles. The van der Waals surface area contributed by atoms with Crippen LogP contribution < -0.4 is 10.6 Å². The molecule has 0 spiro atoms. The third-order valence-electron chi connectivity index (χ3n) is 6.39. The zero-order chi connectivity index (χ0) is 20.4. The van der Waals surface area contributed by atoms with Gasteiger partial charge in [0.15, 0.2) is 0 Å². The fourth-order valence-corrected chi connectivity index (χ4v) is 4.73. The molecule has 1 amide bonds. The number of alkyl halides is 1. The van der Waals surface area contributed by atoms with Crippen LogP contribution in [0.5, 0.6) is 0 Å². The molecule has 3 heterocycles. The summed E-state index contributed by atoms with van der Waals surface area (Å²) in [7, 11) is 6.39. The molecule has 29 heavy (non-hydrogen) atoms. The van der Waals surface area contributed by atoms with E-state index in [9.17, 15) is 9.18 Å². The van der Waals surface area contributed by atoms with Crippen molar-refractivity contribution in [3.05, 3.63) is 48.0 Å². The number of nitrogens with zero attached hydrogens (tertiary/aromatic N) is 3. The van der Waals surface area contributed by atoms with Gasteiger partial charge in [0.2, 0.25) is 0 Å². The van der Waals surface area contributed by atoms with Crippen LogP contribution in [0, 0.1) is 5.92 Å². The first kappa shape index (κ1) is 19.9. The molecular weight excluding hydrogens is 366 g/mol. The SMILES string of the molecule is [B]=C1C(F)CCCCc2cncn2C1C1CCN(c2ccc(C(N)=O)cc2)CC1. The minimum atomic E-state index is -1.06. The summed E-state index contributed by atoms with van der Waals surface area (Å²) in [5, 5.41) is 0. The van der Waals surface area contributed by atoms with Gasteiger partial charge >= 0.3 is 172 Å². The van der Waals surface area contributed by atoms with Gasteiger partial charge in [-0.2, -0.15) is 0 Å². The summed E-state index contributed by atoms with van der Waals surface area (Å²) >= 11 is 0. The Hall–Kier alpha value is -2.44. The fourth-order valence-electron chi connectivity index (χ4n) is 4.73. The second-order valence-electron chi connectivity index (χ2n) is 8.19. The van der Waals surface area contributed by atoms with E-state index in [4.69, 9.17) is 13.2 Å². The van der Waals surface area contributed by atoms with Crippen molar-refractivity contribution in [3.63, 3.8) is 0 Å². The van der Waals surface area contributed by atoms with E-state index in [1.807, 2.05) is 24.7 Å². The van der Waals surface area contributed by atoms with Crippen molar-refractivity contribution in [3.8, 4) is 0 Å². The molecule has 0 bridgehead atoms. The van der Waals surface area contributed by atoms with Crippen LogP contribution in [0.4, 0.5) is 10.1 Å². The summed E-state index contributed by atoms with van der Waals surface area (Å²) in [6.45, 7) is 1.73. The number of rotatable bonds is 3. The van der Waals surface area contributed by atoms with Gasteiger partial charge in [0.1, 0.15) is 0 Å². The molecule has 1 radical (unpaired) electrons. The zero-order valence-corrected chi connectivity index (χ0v) is 16.6. The van der Waals surface area contributed by atoms with Crippen LogP contribution in [-0.4, -0.2) is 47.7 Å². The molecule has 2 aliphatic heterocycles.